The Morgan fingerprint density at radius 1 is 0.182 bits per heavy atom. The highest BCUT2D eigenvalue weighted by Gasteiger charge is 2.26. The van der Waals surface area contributed by atoms with Crippen LogP contribution >= 0.6 is 0 Å². The third-order valence-corrected chi connectivity index (χ3v) is 23.7. The SMILES string of the molecule is c1ccc(-c2cccc(-c3nc(-c4ccccc4)nc(-c4ccc(-c5ccc(-n6c7ccccc7c7ccc8ccccc8c76)c6oc7ccccc7c56)cc4)n3)c2)cc1.c1ccc(-c2nc(-c3ccc(-c4ccc(-n5c6ccccc6c6cc7ccccc7cc65)c5oc6ccccc6c45)cc3)nc(-c3ccc4c(c3)oc3ccccc34)n2)cc1. The van der Waals surface area contributed by atoms with E-state index in [9.17, 15) is 0 Å². The van der Waals surface area contributed by atoms with E-state index in [0.717, 1.165) is 161 Å². The van der Waals surface area contributed by atoms with Gasteiger partial charge in [0.2, 0.25) is 0 Å². The fraction of sp³-hybridized carbons (Fsp3) is 0. The summed E-state index contributed by atoms with van der Waals surface area (Å²) in [5.41, 5.74) is 23.6. The van der Waals surface area contributed by atoms with E-state index in [2.05, 4.69) is 306 Å². The van der Waals surface area contributed by atoms with Crippen LogP contribution in [0, 0.1) is 0 Å². The van der Waals surface area contributed by atoms with Gasteiger partial charge < -0.3 is 22.4 Å². The number of hydrogen-bond donors (Lipinski definition) is 0. The van der Waals surface area contributed by atoms with E-state index < -0.39 is 0 Å². The Morgan fingerprint density at radius 2 is 0.554 bits per heavy atom. The standard InChI is InChI=1S/C55H32N4O2.C55H34N4O/c1-2-12-34(13-3-1)53-56-54(58-55(57-53)38-26-27-42-41-17-7-10-20-48(41)60-50(42)32-38)35-24-22-33(23-25-35)39-28-29-46(52-51(39)43-18-8-11-21-49(43)61-52)59-45-19-9-6-16-40(45)44-30-36-14-4-5-15-37(36)31-47(44)59;1-3-14-35(15-4-1)40-19-13-20-41(34-40)55-57-53(38-17-5-2-6-18-38)56-54(58-55)39-28-26-37(27-29-39)42-32-33-48(52-50(42)46-23-10-12-25-49(46)60-52)59-47-24-11-9-22-44(47)45-31-30-36-16-7-8-21-43(36)51(45)59/h1-32H;1-34H. The van der Waals surface area contributed by atoms with Gasteiger partial charge in [-0.05, 0) is 122 Å². The summed E-state index contributed by atoms with van der Waals surface area (Å²) in [5.74, 6) is 3.65. The Morgan fingerprint density at radius 3 is 1.12 bits per heavy atom. The predicted octanol–water partition coefficient (Wildman–Crippen LogP) is 28.9. The van der Waals surface area contributed by atoms with Gasteiger partial charge in [0.25, 0.3) is 0 Å². The van der Waals surface area contributed by atoms with E-state index in [1.165, 1.54) is 48.6 Å². The van der Waals surface area contributed by atoms with E-state index in [0.29, 0.717) is 34.9 Å². The van der Waals surface area contributed by atoms with Crippen LogP contribution in [0.5, 0.6) is 0 Å². The predicted molar refractivity (Wildman–Crippen MR) is 494 cm³/mol. The molecule has 121 heavy (non-hydrogen) atoms. The molecule has 0 aliphatic heterocycles. The summed E-state index contributed by atoms with van der Waals surface area (Å²) in [6.07, 6.45) is 0. The highest BCUT2D eigenvalue weighted by molar-refractivity contribution is 6.22. The van der Waals surface area contributed by atoms with Crippen LogP contribution in [0.3, 0.4) is 0 Å². The van der Waals surface area contributed by atoms with Crippen molar-refractivity contribution in [3.05, 3.63) is 400 Å². The van der Waals surface area contributed by atoms with Crippen molar-refractivity contribution in [3.63, 3.8) is 0 Å². The highest BCUT2D eigenvalue weighted by Crippen LogP contribution is 2.47. The molecule has 0 fully saturated rings. The molecular weight excluding hydrogens is 1480 g/mol. The molecule has 25 aromatic rings. The zero-order valence-corrected chi connectivity index (χ0v) is 64.9. The molecule has 18 aromatic carbocycles. The molecule has 0 saturated carbocycles. The number of furan rings is 3. The van der Waals surface area contributed by atoms with Crippen molar-refractivity contribution in [1.29, 1.82) is 0 Å². The first-order chi connectivity index (χ1) is 60.0. The lowest BCUT2D eigenvalue weighted by atomic mass is 9.97. The van der Waals surface area contributed by atoms with E-state index in [-0.39, 0.29) is 0 Å². The molecule has 25 rings (SSSR count). The second-order valence-corrected chi connectivity index (χ2v) is 30.7. The van der Waals surface area contributed by atoms with E-state index in [4.69, 9.17) is 43.2 Å². The van der Waals surface area contributed by atoms with Crippen LogP contribution in [0.15, 0.2) is 414 Å². The van der Waals surface area contributed by atoms with E-state index >= 15 is 0 Å². The first-order valence-corrected chi connectivity index (χ1v) is 40.6. The molecule has 0 saturated heterocycles. The number of nitrogens with zero attached hydrogens (tertiary/aromatic N) is 8. The van der Waals surface area contributed by atoms with Gasteiger partial charge in [-0.3, -0.25) is 0 Å². The second kappa shape index (κ2) is 28.2. The lowest BCUT2D eigenvalue weighted by Gasteiger charge is -2.13. The average Bonchev–Trinajstić information content (AvgIpc) is 1.56. The van der Waals surface area contributed by atoms with Crippen molar-refractivity contribution in [2.75, 3.05) is 0 Å². The van der Waals surface area contributed by atoms with E-state index in [1.807, 2.05) is 103 Å². The van der Waals surface area contributed by atoms with Gasteiger partial charge in [0.1, 0.15) is 22.3 Å². The minimum absolute atomic E-state index is 0.579. The summed E-state index contributed by atoms with van der Waals surface area (Å²) >= 11 is 0. The number of aromatic nitrogens is 8. The first kappa shape index (κ1) is 68.9. The lowest BCUT2D eigenvalue weighted by molar-refractivity contribution is 0.666. The van der Waals surface area contributed by atoms with Crippen molar-refractivity contribution in [2.45, 2.75) is 0 Å². The summed E-state index contributed by atoms with van der Waals surface area (Å²) < 4.78 is 24.7. The summed E-state index contributed by atoms with van der Waals surface area (Å²) in [6, 6.07) is 140. The van der Waals surface area contributed by atoms with Crippen LogP contribution in [-0.2, 0) is 0 Å². The highest BCUT2D eigenvalue weighted by atomic mass is 16.3. The Bertz CT molecular complexity index is 8460. The van der Waals surface area contributed by atoms with Crippen LogP contribution in [0.2, 0.25) is 0 Å². The minimum Gasteiger partial charge on any atom is -0.456 e. The van der Waals surface area contributed by atoms with E-state index in [1.54, 1.807) is 0 Å². The van der Waals surface area contributed by atoms with Gasteiger partial charge >= 0.3 is 0 Å². The van der Waals surface area contributed by atoms with Gasteiger partial charge in [-0.25, -0.2) is 29.9 Å². The van der Waals surface area contributed by atoms with Crippen molar-refractivity contribution < 1.29 is 13.3 Å². The molecular formula is C110H66N8O3. The van der Waals surface area contributed by atoms with Crippen molar-refractivity contribution in [2.24, 2.45) is 0 Å². The maximum absolute atomic E-state index is 6.87. The largest absolute Gasteiger partial charge is 0.456 e. The first-order valence-electron chi connectivity index (χ1n) is 40.6. The normalized spacial score (nSPS) is 11.8. The van der Waals surface area contributed by atoms with Gasteiger partial charge in [-0.1, -0.05) is 328 Å². The van der Waals surface area contributed by atoms with Gasteiger partial charge in [-0.15, -0.1) is 0 Å². The monoisotopic (exact) mass is 1550 g/mol. The molecule has 7 heterocycles. The summed E-state index contributed by atoms with van der Waals surface area (Å²) in [4.78, 5) is 30.2. The van der Waals surface area contributed by atoms with Crippen molar-refractivity contribution in [3.8, 4) is 113 Å². The zero-order chi connectivity index (χ0) is 79.6. The molecule has 0 N–H and O–H groups in total. The van der Waals surface area contributed by atoms with Gasteiger partial charge in [-0.2, -0.15) is 0 Å². The third kappa shape index (κ3) is 11.7. The van der Waals surface area contributed by atoms with Crippen LogP contribution in [0.25, 0.3) is 244 Å². The molecule has 0 unspecified atom stereocenters. The molecule has 7 aromatic heterocycles. The zero-order valence-electron chi connectivity index (χ0n) is 64.9. The smallest absolute Gasteiger partial charge is 0.164 e. The number of rotatable bonds is 11. The molecule has 564 valence electrons. The maximum atomic E-state index is 6.87. The molecule has 0 atom stereocenters. The van der Waals surface area contributed by atoms with Crippen LogP contribution in [0.4, 0.5) is 0 Å². The fourth-order valence-electron chi connectivity index (χ4n) is 18.0. The quantitative estimate of drug-likeness (QED) is 0.124. The number of hydrogen-bond acceptors (Lipinski definition) is 9. The third-order valence-electron chi connectivity index (χ3n) is 23.7. The van der Waals surface area contributed by atoms with Crippen LogP contribution < -0.4 is 0 Å². The topological polar surface area (TPSA) is 127 Å². The van der Waals surface area contributed by atoms with Gasteiger partial charge in [0.15, 0.2) is 46.1 Å². The number of benzene rings is 18. The Labute approximate surface area is 692 Å². The summed E-state index contributed by atoms with van der Waals surface area (Å²) in [6.45, 7) is 0. The maximum Gasteiger partial charge on any atom is 0.164 e. The average molecular weight is 1550 g/mol. The molecule has 0 bridgehead atoms. The summed E-state index contributed by atoms with van der Waals surface area (Å²) in [5, 5.41) is 16.1. The molecule has 11 nitrogen and oxygen atoms in total. The Balaban J connectivity index is 0.000000137. The Hall–Kier alpha value is -16.5. The van der Waals surface area contributed by atoms with Crippen LogP contribution in [0.1, 0.15) is 0 Å². The molecule has 0 aliphatic rings. The lowest BCUT2D eigenvalue weighted by Crippen LogP contribution is -2.00. The molecule has 0 radical (unpaired) electrons. The van der Waals surface area contributed by atoms with Gasteiger partial charge in [0, 0.05) is 92.6 Å². The fourth-order valence-corrected chi connectivity index (χ4v) is 18.0. The van der Waals surface area contributed by atoms with Gasteiger partial charge in [0.05, 0.1) is 33.4 Å². The van der Waals surface area contributed by atoms with Crippen molar-refractivity contribution in [1.82, 2.24) is 39.0 Å². The van der Waals surface area contributed by atoms with Crippen molar-refractivity contribution >= 4 is 131 Å². The van der Waals surface area contributed by atoms with Crippen LogP contribution in [-0.4, -0.2) is 39.0 Å². The Kier molecular flexibility index (Phi) is 16.0. The minimum atomic E-state index is 0.579. The molecule has 11 heteroatoms. The molecule has 0 aliphatic carbocycles. The second-order valence-electron chi connectivity index (χ2n) is 30.7. The molecule has 0 amide bonds. The molecule has 0 spiro atoms. The number of para-hydroxylation sites is 5. The summed E-state index contributed by atoms with van der Waals surface area (Å²) in [7, 11) is 0. The number of fused-ring (bicyclic) bond motifs is 18.